The van der Waals surface area contributed by atoms with Crippen molar-refractivity contribution in [2.75, 3.05) is 32.8 Å². The van der Waals surface area contributed by atoms with Crippen LogP contribution in [0.3, 0.4) is 0 Å². The van der Waals surface area contributed by atoms with Crippen LogP contribution in [-0.2, 0) is 6.54 Å². The normalized spacial score (nSPS) is 15.1. The van der Waals surface area contributed by atoms with Crippen LogP contribution in [0.2, 0.25) is 0 Å². The van der Waals surface area contributed by atoms with Crippen LogP contribution >= 0.6 is 15.9 Å². The summed E-state index contributed by atoms with van der Waals surface area (Å²) in [6.07, 6.45) is 0. The molecule has 1 amide bonds. The van der Waals surface area contributed by atoms with Crippen LogP contribution in [0, 0.1) is 0 Å². The van der Waals surface area contributed by atoms with Gasteiger partial charge < -0.3 is 14.7 Å². The van der Waals surface area contributed by atoms with Crippen LogP contribution in [0.25, 0.3) is 0 Å². The quantitative estimate of drug-likeness (QED) is 0.806. The zero-order chi connectivity index (χ0) is 18.5. The summed E-state index contributed by atoms with van der Waals surface area (Å²) < 4.78 is 6.25. The Bertz CT molecular complexity index is 756. The number of carbonyl (C=O) groups is 1. The van der Waals surface area contributed by atoms with Gasteiger partial charge >= 0.3 is 0 Å². The third kappa shape index (κ3) is 4.56. The van der Waals surface area contributed by atoms with E-state index in [1.165, 1.54) is 5.56 Å². The number of halogens is 1. The molecule has 0 bridgehead atoms. The van der Waals surface area contributed by atoms with Crippen LogP contribution in [0.1, 0.15) is 22.8 Å². The van der Waals surface area contributed by atoms with Crippen LogP contribution in [0.5, 0.6) is 11.5 Å². The monoisotopic (exact) mass is 418 g/mol. The molecular weight excluding hydrogens is 396 g/mol. The fraction of sp³-hybridized carbons (Fsp3) is 0.350. The Morgan fingerprint density at radius 3 is 2.46 bits per heavy atom. The summed E-state index contributed by atoms with van der Waals surface area (Å²) in [6.45, 7) is 6.44. The summed E-state index contributed by atoms with van der Waals surface area (Å²) in [5.74, 6) is 0.792. The van der Waals surface area contributed by atoms with Crippen molar-refractivity contribution in [1.82, 2.24) is 9.80 Å². The molecule has 1 saturated heterocycles. The second-order valence-electron chi connectivity index (χ2n) is 6.31. The van der Waals surface area contributed by atoms with Crippen molar-refractivity contribution in [3.63, 3.8) is 0 Å². The van der Waals surface area contributed by atoms with E-state index in [0.29, 0.717) is 25.3 Å². The first-order chi connectivity index (χ1) is 12.6. The predicted molar refractivity (Wildman–Crippen MR) is 105 cm³/mol. The highest BCUT2D eigenvalue weighted by Crippen LogP contribution is 2.24. The van der Waals surface area contributed by atoms with Gasteiger partial charge in [-0.3, -0.25) is 9.69 Å². The van der Waals surface area contributed by atoms with Gasteiger partial charge in [-0.15, -0.1) is 0 Å². The standard InChI is InChI=1S/C20H23BrN2O3/c1-2-26-17-6-3-15(4-7-17)14-22-9-11-23(12-10-22)20(25)18-13-16(21)5-8-19(18)24/h3-8,13,24H,2,9-12,14H2,1H3. The van der Waals surface area contributed by atoms with Crippen LogP contribution in [0.4, 0.5) is 0 Å². The summed E-state index contributed by atoms with van der Waals surface area (Å²) in [5.41, 5.74) is 1.58. The average Bonchev–Trinajstić information content (AvgIpc) is 2.66. The predicted octanol–water partition coefficient (Wildman–Crippen LogP) is 3.51. The third-order valence-electron chi connectivity index (χ3n) is 4.49. The van der Waals surface area contributed by atoms with E-state index in [4.69, 9.17) is 4.74 Å². The molecule has 0 aliphatic carbocycles. The second kappa shape index (κ2) is 8.56. The molecule has 1 N–H and O–H groups in total. The highest BCUT2D eigenvalue weighted by molar-refractivity contribution is 9.10. The molecule has 0 saturated carbocycles. The molecule has 0 aromatic heterocycles. The zero-order valence-corrected chi connectivity index (χ0v) is 16.4. The number of hydrogen-bond donors (Lipinski definition) is 1. The Morgan fingerprint density at radius 1 is 1.12 bits per heavy atom. The molecule has 3 rings (SSSR count). The number of benzene rings is 2. The van der Waals surface area contributed by atoms with E-state index in [1.54, 1.807) is 23.1 Å². The van der Waals surface area contributed by atoms with Gasteiger partial charge in [0.15, 0.2) is 0 Å². The molecule has 138 valence electrons. The maximum atomic E-state index is 12.6. The minimum atomic E-state index is -0.121. The lowest BCUT2D eigenvalue weighted by molar-refractivity contribution is 0.0625. The van der Waals surface area contributed by atoms with E-state index in [0.717, 1.165) is 29.9 Å². The van der Waals surface area contributed by atoms with Gasteiger partial charge in [0.2, 0.25) is 0 Å². The van der Waals surface area contributed by atoms with Crippen LogP contribution < -0.4 is 4.74 Å². The fourth-order valence-electron chi connectivity index (χ4n) is 3.07. The third-order valence-corrected chi connectivity index (χ3v) is 4.98. The van der Waals surface area contributed by atoms with E-state index in [9.17, 15) is 9.90 Å². The van der Waals surface area contributed by atoms with E-state index in [-0.39, 0.29) is 11.7 Å². The highest BCUT2D eigenvalue weighted by atomic mass is 79.9. The van der Waals surface area contributed by atoms with Gasteiger partial charge in [-0.05, 0) is 42.8 Å². The number of nitrogens with zero attached hydrogens (tertiary/aromatic N) is 2. The zero-order valence-electron chi connectivity index (χ0n) is 14.8. The molecule has 1 heterocycles. The van der Waals surface area contributed by atoms with E-state index < -0.39 is 0 Å². The van der Waals surface area contributed by atoms with Crippen LogP contribution in [-0.4, -0.2) is 53.6 Å². The lowest BCUT2D eigenvalue weighted by atomic mass is 10.1. The number of phenols is 1. The van der Waals surface area contributed by atoms with Gasteiger partial charge in [-0.25, -0.2) is 0 Å². The molecular formula is C20H23BrN2O3. The summed E-state index contributed by atoms with van der Waals surface area (Å²) in [5, 5.41) is 9.95. The number of ether oxygens (including phenoxy) is 1. The number of hydrogen-bond acceptors (Lipinski definition) is 4. The Morgan fingerprint density at radius 2 is 1.81 bits per heavy atom. The lowest BCUT2D eigenvalue weighted by Crippen LogP contribution is -2.48. The van der Waals surface area contributed by atoms with Crippen molar-refractivity contribution < 1.29 is 14.6 Å². The van der Waals surface area contributed by atoms with E-state index in [1.807, 2.05) is 19.1 Å². The first-order valence-electron chi connectivity index (χ1n) is 8.78. The molecule has 0 spiro atoms. The van der Waals surface area contributed by atoms with Crippen LogP contribution in [0.15, 0.2) is 46.9 Å². The molecule has 1 fully saturated rings. The topological polar surface area (TPSA) is 53.0 Å². The van der Waals surface area contributed by atoms with Gasteiger partial charge in [0.25, 0.3) is 5.91 Å². The molecule has 0 unspecified atom stereocenters. The molecule has 0 atom stereocenters. The van der Waals surface area contributed by atoms with Gasteiger partial charge in [-0.2, -0.15) is 0 Å². The molecule has 6 heteroatoms. The summed E-state index contributed by atoms with van der Waals surface area (Å²) in [7, 11) is 0. The van der Waals surface area contributed by atoms with Gasteiger partial charge in [0, 0.05) is 37.2 Å². The summed E-state index contributed by atoms with van der Waals surface area (Å²) >= 11 is 3.35. The van der Waals surface area contributed by atoms with Crippen molar-refractivity contribution in [2.45, 2.75) is 13.5 Å². The number of piperazine rings is 1. The maximum absolute atomic E-state index is 12.6. The molecule has 1 aliphatic heterocycles. The SMILES string of the molecule is CCOc1ccc(CN2CCN(C(=O)c3cc(Br)ccc3O)CC2)cc1. The number of amides is 1. The molecule has 1 aliphatic rings. The first kappa shape index (κ1) is 18.7. The van der Waals surface area contributed by atoms with Gasteiger partial charge in [0.05, 0.1) is 12.2 Å². The van der Waals surface area contributed by atoms with E-state index >= 15 is 0 Å². The minimum Gasteiger partial charge on any atom is -0.507 e. The smallest absolute Gasteiger partial charge is 0.257 e. The fourth-order valence-corrected chi connectivity index (χ4v) is 3.44. The van der Waals surface area contributed by atoms with Crippen molar-refractivity contribution in [3.05, 3.63) is 58.1 Å². The van der Waals surface area contributed by atoms with E-state index in [2.05, 4.69) is 33.0 Å². The molecule has 5 nitrogen and oxygen atoms in total. The van der Waals surface area contributed by atoms with Crippen molar-refractivity contribution >= 4 is 21.8 Å². The molecule has 0 radical (unpaired) electrons. The highest BCUT2D eigenvalue weighted by Gasteiger charge is 2.24. The van der Waals surface area contributed by atoms with Crippen molar-refractivity contribution in [1.29, 1.82) is 0 Å². The summed E-state index contributed by atoms with van der Waals surface area (Å²) in [4.78, 5) is 16.8. The Kier molecular flexibility index (Phi) is 6.16. The van der Waals surface area contributed by atoms with Gasteiger partial charge in [-0.1, -0.05) is 28.1 Å². The number of aromatic hydroxyl groups is 1. The lowest BCUT2D eigenvalue weighted by Gasteiger charge is -2.35. The maximum Gasteiger partial charge on any atom is 0.257 e. The molecule has 2 aromatic rings. The Balaban J connectivity index is 1.55. The molecule has 2 aromatic carbocycles. The minimum absolute atomic E-state index is 0.0232. The number of carbonyl (C=O) groups excluding carboxylic acids is 1. The first-order valence-corrected chi connectivity index (χ1v) is 9.58. The average molecular weight is 419 g/mol. The Hall–Kier alpha value is -2.05. The summed E-state index contributed by atoms with van der Waals surface area (Å²) in [6, 6.07) is 13.1. The largest absolute Gasteiger partial charge is 0.507 e. The van der Waals surface area contributed by atoms with Gasteiger partial charge in [0.1, 0.15) is 11.5 Å². The number of rotatable bonds is 5. The van der Waals surface area contributed by atoms with Crippen molar-refractivity contribution in [3.8, 4) is 11.5 Å². The van der Waals surface area contributed by atoms with Crippen molar-refractivity contribution in [2.24, 2.45) is 0 Å². The Labute approximate surface area is 162 Å². The molecule has 26 heavy (non-hydrogen) atoms. The second-order valence-corrected chi connectivity index (χ2v) is 7.22. The number of phenolic OH excluding ortho intramolecular Hbond substituents is 1.